The lowest BCUT2D eigenvalue weighted by molar-refractivity contribution is 1.16. The summed E-state index contributed by atoms with van der Waals surface area (Å²) in [6, 6.07) is 15.1. The summed E-state index contributed by atoms with van der Waals surface area (Å²) >= 11 is 3.68. The molecule has 1 N–H and O–H groups in total. The predicted molar refractivity (Wildman–Crippen MR) is 78.7 cm³/mol. The van der Waals surface area contributed by atoms with Crippen LogP contribution in [0.15, 0.2) is 74.6 Å². The second-order valence-electron chi connectivity index (χ2n) is 4.28. The average Bonchev–Trinajstić information content (AvgIpc) is 2.98. The van der Waals surface area contributed by atoms with Gasteiger partial charge in [0, 0.05) is 25.1 Å². The van der Waals surface area contributed by atoms with Gasteiger partial charge in [-0.05, 0) is 24.3 Å². The minimum absolute atomic E-state index is 1.06. The Morgan fingerprint density at radius 2 is 1.58 bits per heavy atom. The zero-order chi connectivity index (χ0) is 12.7. The van der Waals surface area contributed by atoms with Crippen molar-refractivity contribution in [1.29, 1.82) is 0 Å². The highest BCUT2D eigenvalue weighted by atomic mass is 32.2. The fourth-order valence-electron chi connectivity index (χ4n) is 2.11. The summed E-state index contributed by atoms with van der Waals surface area (Å²) in [7, 11) is 0. The average molecular weight is 282 g/mol. The fraction of sp³-hybridized carbons (Fsp3) is 0. The SMILES string of the molecule is c1ccc2c(c1)Sc1ccc(-c3cnc[nH]3)cc1S2. The van der Waals surface area contributed by atoms with Gasteiger partial charge in [-0.2, -0.15) is 0 Å². The van der Waals surface area contributed by atoms with Crippen molar-refractivity contribution >= 4 is 23.5 Å². The van der Waals surface area contributed by atoms with Gasteiger partial charge in [0.25, 0.3) is 0 Å². The molecule has 4 rings (SSSR count). The first-order valence-electron chi connectivity index (χ1n) is 5.98. The zero-order valence-electron chi connectivity index (χ0n) is 9.96. The topological polar surface area (TPSA) is 28.7 Å². The molecule has 0 aliphatic carbocycles. The summed E-state index contributed by atoms with van der Waals surface area (Å²) in [6.07, 6.45) is 3.57. The Morgan fingerprint density at radius 3 is 2.32 bits per heavy atom. The number of aromatic nitrogens is 2. The van der Waals surface area contributed by atoms with E-state index in [9.17, 15) is 0 Å². The van der Waals surface area contributed by atoms with E-state index in [4.69, 9.17) is 0 Å². The highest BCUT2D eigenvalue weighted by molar-refractivity contribution is 8.05. The molecule has 92 valence electrons. The van der Waals surface area contributed by atoms with Crippen LogP contribution in [0.1, 0.15) is 0 Å². The van der Waals surface area contributed by atoms with Crippen molar-refractivity contribution in [2.75, 3.05) is 0 Å². The van der Waals surface area contributed by atoms with E-state index in [-0.39, 0.29) is 0 Å². The smallest absolute Gasteiger partial charge is 0.0924 e. The summed E-state index contributed by atoms with van der Waals surface area (Å²) in [5.41, 5.74) is 2.25. The van der Waals surface area contributed by atoms with Crippen LogP contribution in [-0.2, 0) is 0 Å². The third kappa shape index (κ3) is 1.97. The number of nitrogens with zero attached hydrogens (tertiary/aromatic N) is 1. The van der Waals surface area contributed by atoms with E-state index in [0.717, 1.165) is 5.69 Å². The van der Waals surface area contributed by atoms with Crippen LogP contribution < -0.4 is 0 Å². The van der Waals surface area contributed by atoms with E-state index in [1.54, 1.807) is 6.33 Å². The molecule has 3 aromatic rings. The Hall–Kier alpha value is -1.65. The van der Waals surface area contributed by atoms with Crippen LogP contribution in [-0.4, -0.2) is 9.97 Å². The molecule has 0 radical (unpaired) electrons. The Balaban J connectivity index is 1.78. The molecule has 0 spiro atoms. The largest absolute Gasteiger partial charge is 0.345 e. The van der Waals surface area contributed by atoms with E-state index >= 15 is 0 Å². The van der Waals surface area contributed by atoms with Crippen LogP contribution in [0, 0.1) is 0 Å². The maximum atomic E-state index is 4.08. The Kier molecular flexibility index (Phi) is 2.64. The molecule has 0 fully saturated rings. The summed E-state index contributed by atoms with van der Waals surface area (Å²) in [5, 5.41) is 0. The first-order chi connectivity index (χ1) is 9.40. The van der Waals surface area contributed by atoms with Gasteiger partial charge in [-0.25, -0.2) is 4.98 Å². The molecule has 2 nitrogen and oxygen atoms in total. The Morgan fingerprint density at radius 1 is 0.842 bits per heavy atom. The number of rotatable bonds is 1. The molecule has 4 heteroatoms. The van der Waals surface area contributed by atoms with E-state index in [0.29, 0.717) is 0 Å². The van der Waals surface area contributed by atoms with Gasteiger partial charge in [-0.15, -0.1) is 0 Å². The lowest BCUT2D eigenvalue weighted by Crippen LogP contribution is -1.89. The highest BCUT2D eigenvalue weighted by Crippen LogP contribution is 2.48. The third-order valence-corrected chi connectivity index (χ3v) is 5.59. The van der Waals surface area contributed by atoms with E-state index < -0.39 is 0 Å². The van der Waals surface area contributed by atoms with Gasteiger partial charge >= 0.3 is 0 Å². The molecule has 0 bridgehead atoms. The summed E-state index contributed by atoms with van der Waals surface area (Å²) in [4.78, 5) is 12.5. The first kappa shape index (κ1) is 11.2. The molecular weight excluding hydrogens is 272 g/mol. The van der Waals surface area contributed by atoms with Gasteiger partial charge in [-0.3, -0.25) is 0 Å². The number of imidazole rings is 1. The molecule has 0 amide bonds. The molecule has 0 saturated carbocycles. The van der Waals surface area contributed by atoms with Gasteiger partial charge in [0.05, 0.1) is 18.2 Å². The normalized spacial score (nSPS) is 12.8. The number of fused-ring (bicyclic) bond motifs is 2. The van der Waals surface area contributed by atoms with Gasteiger partial charge in [0.1, 0.15) is 0 Å². The summed E-state index contributed by atoms with van der Waals surface area (Å²) < 4.78 is 0. The van der Waals surface area contributed by atoms with Gasteiger partial charge in [0.2, 0.25) is 0 Å². The van der Waals surface area contributed by atoms with Crippen molar-refractivity contribution in [3.63, 3.8) is 0 Å². The second kappa shape index (κ2) is 4.47. The van der Waals surface area contributed by atoms with Gasteiger partial charge in [-0.1, -0.05) is 41.7 Å². The maximum Gasteiger partial charge on any atom is 0.0924 e. The van der Waals surface area contributed by atoms with Crippen LogP contribution in [0.5, 0.6) is 0 Å². The number of H-pyrrole nitrogens is 1. The van der Waals surface area contributed by atoms with Crippen LogP contribution in [0.2, 0.25) is 0 Å². The van der Waals surface area contributed by atoms with Crippen LogP contribution in [0.4, 0.5) is 0 Å². The molecule has 0 saturated heterocycles. The summed E-state index contributed by atoms with van der Waals surface area (Å²) in [5.74, 6) is 0. The lowest BCUT2D eigenvalue weighted by atomic mass is 10.2. The number of aromatic amines is 1. The van der Waals surface area contributed by atoms with Crippen molar-refractivity contribution in [2.24, 2.45) is 0 Å². The Labute approximate surface area is 119 Å². The fourth-order valence-corrected chi connectivity index (χ4v) is 4.36. The predicted octanol–water partition coefficient (Wildman–Crippen LogP) is 4.69. The van der Waals surface area contributed by atoms with Crippen LogP contribution in [0.25, 0.3) is 11.3 Å². The zero-order valence-corrected chi connectivity index (χ0v) is 11.6. The molecule has 0 atom stereocenters. The number of benzene rings is 2. The Bertz CT molecular complexity index is 736. The molecule has 1 aliphatic rings. The van der Waals surface area contributed by atoms with E-state index in [1.165, 1.54) is 25.1 Å². The number of hydrogen-bond acceptors (Lipinski definition) is 3. The first-order valence-corrected chi connectivity index (χ1v) is 7.61. The van der Waals surface area contributed by atoms with Gasteiger partial charge in [0.15, 0.2) is 0 Å². The van der Waals surface area contributed by atoms with Crippen molar-refractivity contribution in [3.8, 4) is 11.3 Å². The molecule has 1 aliphatic heterocycles. The highest BCUT2D eigenvalue weighted by Gasteiger charge is 2.17. The van der Waals surface area contributed by atoms with Crippen molar-refractivity contribution in [2.45, 2.75) is 19.6 Å². The molecule has 19 heavy (non-hydrogen) atoms. The lowest BCUT2D eigenvalue weighted by Gasteiger charge is -2.18. The van der Waals surface area contributed by atoms with Crippen LogP contribution >= 0.6 is 23.5 Å². The standard InChI is InChI=1S/C15H10N2S2/c1-2-4-13-12(3-1)18-14-6-5-10(7-15(14)19-13)11-8-16-9-17-11/h1-9H,(H,16,17). The summed E-state index contributed by atoms with van der Waals surface area (Å²) in [6.45, 7) is 0. The number of hydrogen-bond donors (Lipinski definition) is 1. The van der Waals surface area contributed by atoms with Crippen molar-refractivity contribution in [3.05, 3.63) is 55.0 Å². The van der Waals surface area contributed by atoms with Crippen molar-refractivity contribution < 1.29 is 0 Å². The molecule has 1 aromatic heterocycles. The second-order valence-corrected chi connectivity index (χ2v) is 6.45. The molecular formula is C15H10N2S2. The quantitative estimate of drug-likeness (QED) is 0.549. The molecule has 0 unspecified atom stereocenters. The van der Waals surface area contributed by atoms with E-state index in [2.05, 4.69) is 52.4 Å². The van der Waals surface area contributed by atoms with Gasteiger partial charge < -0.3 is 4.98 Å². The minimum atomic E-state index is 1.06. The monoisotopic (exact) mass is 282 g/mol. The number of nitrogens with one attached hydrogen (secondary N) is 1. The van der Waals surface area contributed by atoms with E-state index in [1.807, 2.05) is 29.7 Å². The molecule has 2 aromatic carbocycles. The maximum absolute atomic E-state index is 4.08. The third-order valence-electron chi connectivity index (χ3n) is 3.04. The van der Waals surface area contributed by atoms with Crippen molar-refractivity contribution in [1.82, 2.24) is 9.97 Å². The van der Waals surface area contributed by atoms with Crippen LogP contribution in [0.3, 0.4) is 0 Å². The molecule has 2 heterocycles. The minimum Gasteiger partial charge on any atom is -0.345 e.